The Hall–Kier alpha value is -3.09. The molecule has 0 aliphatic carbocycles. The molecule has 7 heteroatoms. The van der Waals surface area contributed by atoms with Gasteiger partial charge in [0.25, 0.3) is 0 Å². The fourth-order valence-electron chi connectivity index (χ4n) is 4.26. The number of amides is 3. The molecule has 6 nitrogen and oxygen atoms in total. The molecule has 140 valence electrons. The number of phenols is 1. The van der Waals surface area contributed by atoms with Crippen molar-refractivity contribution in [2.75, 3.05) is 18.0 Å². The average Bonchev–Trinajstić information content (AvgIpc) is 2.68. The Morgan fingerprint density at radius 3 is 2.22 bits per heavy atom. The van der Waals surface area contributed by atoms with Gasteiger partial charge in [-0.25, -0.2) is 9.18 Å². The van der Waals surface area contributed by atoms with Gasteiger partial charge >= 0.3 is 6.03 Å². The van der Waals surface area contributed by atoms with E-state index < -0.39 is 11.4 Å². The van der Waals surface area contributed by atoms with Gasteiger partial charge in [0.1, 0.15) is 11.6 Å². The predicted molar refractivity (Wildman–Crippen MR) is 97.6 cm³/mol. The molecule has 27 heavy (non-hydrogen) atoms. The minimum absolute atomic E-state index is 0.0312. The van der Waals surface area contributed by atoms with Crippen LogP contribution in [-0.4, -0.2) is 35.0 Å². The van der Waals surface area contributed by atoms with Crippen LogP contribution in [0.25, 0.3) is 0 Å². The van der Waals surface area contributed by atoms with Crippen LogP contribution in [0.5, 0.6) is 5.75 Å². The third-order valence-electron chi connectivity index (χ3n) is 5.71. The van der Waals surface area contributed by atoms with Gasteiger partial charge < -0.3 is 20.6 Å². The summed E-state index contributed by atoms with van der Waals surface area (Å²) < 4.78 is 13.3. The molecule has 4 rings (SSSR count). The van der Waals surface area contributed by atoms with Crippen LogP contribution >= 0.6 is 0 Å². The summed E-state index contributed by atoms with van der Waals surface area (Å²) in [5, 5.41) is 9.61. The lowest BCUT2D eigenvalue weighted by Crippen LogP contribution is -2.67. The van der Waals surface area contributed by atoms with E-state index in [9.17, 15) is 19.1 Å². The van der Waals surface area contributed by atoms with Gasteiger partial charge in [0.05, 0.1) is 11.5 Å². The maximum atomic E-state index is 13.3. The molecule has 2 aromatic rings. The zero-order valence-electron chi connectivity index (χ0n) is 14.6. The highest BCUT2D eigenvalue weighted by atomic mass is 19.1. The molecule has 2 fully saturated rings. The molecule has 2 aliphatic rings. The number of hydrogen-bond acceptors (Lipinski definition) is 3. The van der Waals surface area contributed by atoms with Crippen molar-refractivity contribution in [2.24, 2.45) is 11.1 Å². The first-order chi connectivity index (χ1) is 12.9. The zero-order chi connectivity index (χ0) is 19.2. The molecule has 2 aromatic carbocycles. The normalized spacial score (nSPS) is 21.2. The van der Waals surface area contributed by atoms with E-state index in [0.717, 1.165) is 5.56 Å². The van der Waals surface area contributed by atoms with Gasteiger partial charge in [-0.15, -0.1) is 0 Å². The highest BCUT2D eigenvalue weighted by Gasteiger charge is 2.62. The summed E-state index contributed by atoms with van der Waals surface area (Å²) in [7, 11) is 0. The summed E-state index contributed by atoms with van der Waals surface area (Å²) in [5.74, 6) is -0.246. The number of β-lactam (4-membered cyclic amide) rings is 1. The predicted octanol–water partition coefficient (Wildman–Crippen LogP) is 2.78. The molecule has 2 heterocycles. The van der Waals surface area contributed by atoms with E-state index in [0.29, 0.717) is 31.6 Å². The Morgan fingerprint density at radius 2 is 1.67 bits per heavy atom. The van der Waals surface area contributed by atoms with Crippen LogP contribution in [-0.2, 0) is 4.79 Å². The highest BCUT2D eigenvalue weighted by molar-refractivity contribution is 6.06. The first kappa shape index (κ1) is 17.3. The van der Waals surface area contributed by atoms with Gasteiger partial charge in [0, 0.05) is 18.8 Å². The molecule has 3 N–H and O–H groups in total. The smallest absolute Gasteiger partial charge is 0.314 e. The van der Waals surface area contributed by atoms with E-state index in [-0.39, 0.29) is 23.5 Å². The molecular formula is C20H20FN3O3. The molecule has 1 atom stereocenters. The second kappa shape index (κ2) is 6.26. The largest absolute Gasteiger partial charge is 0.508 e. The lowest BCUT2D eigenvalue weighted by Gasteiger charge is -2.58. The van der Waals surface area contributed by atoms with Crippen molar-refractivity contribution in [3.05, 3.63) is 59.9 Å². The highest BCUT2D eigenvalue weighted by Crippen LogP contribution is 2.57. The number of phenolic OH excluding ortho intramolecular Hbond substituents is 1. The van der Waals surface area contributed by atoms with Gasteiger partial charge in [-0.05, 0) is 54.8 Å². The quantitative estimate of drug-likeness (QED) is 0.798. The van der Waals surface area contributed by atoms with Crippen LogP contribution in [0.15, 0.2) is 48.5 Å². The van der Waals surface area contributed by atoms with E-state index >= 15 is 0 Å². The summed E-state index contributed by atoms with van der Waals surface area (Å²) in [6.45, 7) is 0.847. The number of carbonyl (C=O) groups excluding carboxylic acids is 2. The van der Waals surface area contributed by atoms with Crippen LogP contribution in [0.4, 0.5) is 14.9 Å². The SMILES string of the molecule is NC(=O)N1CCC2(CC1)C(=O)N(c1ccc(F)cc1)C2c1ccc(O)cc1. The summed E-state index contributed by atoms with van der Waals surface area (Å²) in [4.78, 5) is 27.9. The number of aromatic hydroxyl groups is 1. The first-order valence-corrected chi connectivity index (χ1v) is 8.85. The van der Waals surface area contributed by atoms with Crippen molar-refractivity contribution < 1.29 is 19.1 Å². The van der Waals surface area contributed by atoms with Crippen molar-refractivity contribution in [2.45, 2.75) is 18.9 Å². The molecule has 1 spiro atoms. The average molecular weight is 369 g/mol. The number of urea groups is 1. The molecule has 2 aliphatic heterocycles. The molecule has 0 saturated carbocycles. The third kappa shape index (κ3) is 2.70. The summed E-state index contributed by atoms with van der Waals surface area (Å²) >= 11 is 0. The number of anilines is 1. The van der Waals surface area contributed by atoms with Gasteiger partial charge in [-0.2, -0.15) is 0 Å². The number of halogens is 1. The lowest BCUT2D eigenvalue weighted by molar-refractivity contribution is -0.144. The maximum Gasteiger partial charge on any atom is 0.314 e. The maximum absolute atomic E-state index is 13.3. The first-order valence-electron chi connectivity index (χ1n) is 8.85. The summed E-state index contributed by atoms with van der Waals surface area (Å²) in [6.07, 6.45) is 1.02. The van der Waals surface area contributed by atoms with Crippen LogP contribution in [0.2, 0.25) is 0 Å². The van der Waals surface area contributed by atoms with Crippen molar-refractivity contribution >= 4 is 17.6 Å². The van der Waals surface area contributed by atoms with Crippen LogP contribution in [0, 0.1) is 11.2 Å². The van der Waals surface area contributed by atoms with E-state index in [2.05, 4.69) is 0 Å². The lowest BCUT2D eigenvalue weighted by atomic mass is 9.62. The zero-order valence-corrected chi connectivity index (χ0v) is 14.6. The van der Waals surface area contributed by atoms with Crippen LogP contribution in [0.3, 0.4) is 0 Å². The number of hydrogen-bond donors (Lipinski definition) is 2. The van der Waals surface area contributed by atoms with Gasteiger partial charge in [-0.1, -0.05) is 12.1 Å². The number of likely N-dealkylation sites (tertiary alicyclic amines) is 1. The molecule has 1 unspecified atom stereocenters. The topological polar surface area (TPSA) is 86.9 Å². The second-order valence-electron chi connectivity index (χ2n) is 7.13. The fraction of sp³-hybridized carbons (Fsp3) is 0.300. The number of benzene rings is 2. The van der Waals surface area contributed by atoms with Gasteiger partial charge in [0.2, 0.25) is 5.91 Å². The van der Waals surface area contributed by atoms with Crippen molar-refractivity contribution in [1.29, 1.82) is 0 Å². The van der Waals surface area contributed by atoms with E-state index in [1.807, 2.05) is 0 Å². The van der Waals surface area contributed by atoms with Crippen molar-refractivity contribution in [3.63, 3.8) is 0 Å². The Morgan fingerprint density at radius 1 is 1.07 bits per heavy atom. The molecule has 0 bridgehead atoms. The van der Waals surface area contributed by atoms with E-state index in [1.165, 1.54) is 12.1 Å². The molecular weight excluding hydrogens is 349 g/mol. The van der Waals surface area contributed by atoms with E-state index in [1.54, 1.807) is 46.2 Å². The van der Waals surface area contributed by atoms with Gasteiger partial charge in [0.15, 0.2) is 0 Å². The fourth-order valence-corrected chi connectivity index (χ4v) is 4.26. The van der Waals surface area contributed by atoms with Crippen LogP contribution < -0.4 is 10.6 Å². The number of carbonyl (C=O) groups is 2. The molecule has 2 saturated heterocycles. The summed E-state index contributed by atoms with van der Waals surface area (Å²) in [5.41, 5.74) is 6.27. The Labute approximate surface area is 156 Å². The number of piperidine rings is 1. The molecule has 3 amide bonds. The number of nitrogens with zero attached hydrogens (tertiary/aromatic N) is 2. The number of rotatable bonds is 2. The minimum atomic E-state index is -0.628. The number of nitrogens with two attached hydrogens (primary N) is 1. The minimum Gasteiger partial charge on any atom is -0.508 e. The third-order valence-corrected chi connectivity index (χ3v) is 5.71. The number of primary amides is 1. The monoisotopic (exact) mass is 369 g/mol. The molecule has 0 aromatic heterocycles. The Bertz CT molecular complexity index is 874. The second-order valence-corrected chi connectivity index (χ2v) is 7.13. The Balaban J connectivity index is 1.71. The van der Waals surface area contributed by atoms with E-state index in [4.69, 9.17) is 5.73 Å². The van der Waals surface area contributed by atoms with Crippen molar-refractivity contribution in [3.8, 4) is 5.75 Å². The summed E-state index contributed by atoms with van der Waals surface area (Å²) in [6, 6.07) is 11.9. The van der Waals surface area contributed by atoms with Gasteiger partial charge in [-0.3, -0.25) is 4.79 Å². The standard InChI is InChI=1S/C20H20FN3O3/c21-14-3-5-15(6-4-14)24-17(13-1-7-16(25)8-2-13)20(18(24)26)9-11-23(12-10-20)19(22)27/h1-8,17,25H,9-12H2,(H2,22,27). The van der Waals surface area contributed by atoms with Crippen LogP contribution in [0.1, 0.15) is 24.4 Å². The molecule has 0 radical (unpaired) electrons. The van der Waals surface area contributed by atoms with Crippen molar-refractivity contribution in [1.82, 2.24) is 4.90 Å². The Kier molecular flexibility index (Phi) is 4.02.